The third-order valence-electron chi connectivity index (χ3n) is 4.47. The number of hydrogen-bond donors (Lipinski definition) is 0. The predicted molar refractivity (Wildman–Crippen MR) is 87.9 cm³/mol. The summed E-state index contributed by atoms with van der Waals surface area (Å²) in [6.45, 7) is 5.03. The summed E-state index contributed by atoms with van der Waals surface area (Å²) in [5, 5.41) is 0. The highest BCUT2D eigenvalue weighted by molar-refractivity contribution is 5.86. The average Bonchev–Trinajstić information content (AvgIpc) is 3.38. The van der Waals surface area contributed by atoms with Crippen molar-refractivity contribution in [1.82, 2.24) is 0 Å². The van der Waals surface area contributed by atoms with Gasteiger partial charge in [-0.1, -0.05) is 30.3 Å². The first-order valence-corrected chi connectivity index (χ1v) is 8.52. The van der Waals surface area contributed by atoms with E-state index in [0.29, 0.717) is 19.8 Å². The molecule has 3 rings (SSSR count). The second-order valence-corrected chi connectivity index (χ2v) is 6.11. The third kappa shape index (κ3) is 3.47. The Morgan fingerprint density at radius 1 is 1.17 bits per heavy atom. The molecule has 1 aliphatic heterocycles. The van der Waals surface area contributed by atoms with Gasteiger partial charge in [-0.25, -0.2) is 4.79 Å². The van der Waals surface area contributed by atoms with Gasteiger partial charge < -0.3 is 18.9 Å². The van der Waals surface area contributed by atoms with Gasteiger partial charge in [-0.05, 0) is 38.3 Å². The van der Waals surface area contributed by atoms with Crippen LogP contribution in [0.2, 0.25) is 0 Å². The molecule has 24 heavy (non-hydrogen) atoms. The first-order chi connectivity index (χ1) is 11.7. The van der Waals surface area contributed by atoms with E-state index in [0.717, 1.165) is 18.4 Å². The van der Waals surface area contributed by atoms with Gasteiger partial charge in [0.15, 0.2) is 0 Å². The first kappa shape index (κ1) is 17.0. The summed E-state index contributed by atoms with van der Waals surface area (Å²) in [5.41, 5.74) is 0.873. The van der Waals surface area contributed by atoms with Crippen LogP contribution in [0.4, 0.5) is 0 Å². The van der Waals surface area contributed by atoms with Crippen molar-refractivity contribution in [3.8, 4) is 0 Å². The van der Waals surface area contributed by atoms with Crippen LogP contribution >= 0.6 is 0 Å². The molecule has 0 saturated heterocycles. The Kier molecular flexibility index (Phi) is 5.21. The van der Waals surface area contributed by atoms with Gasteiger partial charge in [0.2, 0.25) is 12.0 Å². The lowest BCUT2D eigenvalue weighted by Gasteiger charge is -2.36. The predicted octanol–water partition coefficient (Wildman–Crippen LogP) is 3.19. The maximum absolute atomic E-state index is 12.1. The van der Waals surface area contributed by atoms with Crippen LogP contribution in [0, 0.1) is 5.41 Å². The summed E-state index contributed by atoms with van der Waals surface area (Å²) in [5.74, 6) is -0.281. The molecule has 1 spiro atoms. The van der Waals surface area contributed by atoms with E-state index in [9.17, 15) is 4.79 Å². The molecule has 2 atom stereocenters. The molecule has 1 aliphatic carbocycles. The highest BCUT2D eigenvalue weighted by Gasteiger charge is 2.60. The van der Waals surface area contributed by atoms with Crippen LogP contribution < -0.4 is 0 Å². The van der Waals surface area contributed by atoms with E-state index in [1.807, 2.05) is 37.3 Å². The molecule has 5 heteroatoms. The number of ether oxygens (including phenoxy) is 4. The van der Waals surface area contributed by atoms with Gasteiger partial charge in [0.25, 0.3) is 0 Å². The average molecular weight is 332 g/mol. The summed E-state index contributed by atoms with van der Waals surface area (Å²) in [4.78, 5) is 12.1. The molecular weight excluding hydrogens is 308 g/mol. The largest absolute Gasteiger partial charge is 0.460 e. The molecule has 130 valence electrons. The van der Waals surface area contributed by atoms with E-state index in [2.05, 4.69) is 0 Å². The number of carbonyl (C=O) groups excluding carboxylic acids is 1. The molecule has 5 nitrogen and oxygen atoms in total. The standard InChI is InChI=1S/C19H24O5/c1-3-21-16-12-15(17(20)22-4-2)24-18(19(16)10-11-19)23-13-14-8-6-5-7-9-14/h5-9,12,16,18H,3-4,10-11,13H2,1-2H3/t16-,18-/m1/s1. The molecule has 1 aromatic rings. The van der Waals surface area contributed by atoms with Crippen molar-refractivity contribution >= 4 is 5.97 Å². The monoisotopic (exact) mass is 332 g/mol. The molecule has 0 radical (unpaired) electrons. The molecule has 0 N–H and O–H groups in total. The normalized spacial score (nSPS) is 24.2. The van der Waals surface area contributed by atoms with Gasteiger partial charge in [0, 0.05) is 6.61 Å². The van der Waals surface area contributed by atoms with Crippen molar-refractivity contribution in [2.24, 2.45) is 5.41 Å². The van der Waals surface area contributed by atoms with E-state index >= 15 is 0 Å². The minimum Gasteiger partial charge on any atom is -0.460 e. The molecule has 2 aliphatic rings. The highest BCUT2D eigenvalue weighted by Crippen LogP contribution is 2.57. The van der Waals surface area contributed by atoms with Gasteiger partial charge in [-0.15, -0.1) is 0 Å². The fourth-order valence-electron chi connectivity index (χ4n) is 3.03. The third-order valence-corrected chi connectivity index (χ3v) is 4.47. The zero-order chi connectivity index (χ0) is 17.0. The molecule has 0 unspecified atom stereocenters. The summed E-state index contributed by atoms with van der Waals surface area (Å²) in [6, 6.07) is 9.92. The molecular formula is C19H24O5. The van der Waals surface area contributed by atoms with Gasteiger partial charge in [0.1, 0.15) is 0 Å². The van der Waals surface area contributed by atoms with Gasteiger partial charge in [-0.3, -0.25) is 0 Å². The van der Waals surface area contributed by atoms with E-state index < -0.39 is 12.3 Å². The maximum Gasteiger partial charge on any atom is 0.373 e. The summed E-state index contributed by atoms with van der Waals surface area (Å²) < 4.78 is 22.8. The second-order valence-electron chi connectivity index (χ2n) is 6.11. The minimum absolute atomic E-state index is 0.184. The van der Waals surface area contributed by atoms with Crippen LogP contribution in [0.15, 0.2) is 42.2 Å². The van der Waals surface area contributed by atoms with Gasteiger partial charge >= 0.3 is 5.97 Å². The van der Waals surface area contributed by atoms with Crippen molar-refractivity contribution in [3.63, 3.8) is 0 Å². The molecule has 1 saturated carbocycles. The summed E-state index contributed by atoms with van der Waals surface area (Å²) in [7, 11) is 0. The van der Waals surface area contributed by atoms with E-state index in [4.69, 9.17) is 18.9 Å². The number of hydrogen-bond acceptors (Lipinski definition) is 5. The SMILES string of the molecule is CCOC(=O)C1=C[C@@H](OCC)C2(CC2)[C@H](OCc2ccccc2)O1. The van der Waals surface area contributed by atoms with Crippen LogP contribution in [-0.4, -0.2) is 31.6 Å². The highest BCUT2D eigenvalue weighted by atomic mass is 16.7. The van der Waals surface area contributed by atoms with Crippen molar-refractivity contribution < 1.29 is 23.7 Å². The fraction of sp³-hybridized carbons (Fsp3) is 0.526. The minimum atomic E-state index is -0.501. The zero-order valence-corrected chi connectivity index (χ0v) is 14.2. The number of esters is 1. The van der Waals surface area contributed by atoms with E-state index in [1.54, 1.807) is 13.0 Å². The Hall–Kier alpha value is -1.85. The lowest BCUT2D eigenvalue weighted by Crippen LogP contribution is -2.43. The lowest BCUT2D eigenvalue weighted by atomic mass is 9.95. The van der Waals surface area contributed by atoms with Crippen molar-refractivity contribution in [2.45, 2.75) is 45.7 Å². The Balaban J connectivity index is 1.75. The Morgan fingerprint density at radius 2 is 1.92 bits per heavy atom. The molecule has 1 aromatic carbocycles. The molecule has 1 heterocycles. The zero-order valence-electron chi connectivity index (χ0n) is 14.2. The smallest absolute Gasteiger partial charge is 0.373 e. The fourth-order valence-corrected chi connectivity index (χ4v) is 3.03. The van der Waals surface area contributed by atoms with Crippen molar-refractivity contribution in [1.29, 1.82) is 0 Å². The molecule has 0 amide bonds. The van der Waals surface area contributed by atoms with Crippen LogP contribution in [0.5, 0.6) is 0 Å². The topological polar surface area (TPSA) is 54.0 Å². The number of rotatable bonds is 7. The number of carbonyl (C=O) groups is 1. The van der Waals surface area contributed by atoms with E-state index in [-0.39, 0.29) is 17.3 Å². The summed E-state index contributed by atoms with van der Waals surface area (Å²) >= 11 is 0. The van der Waals surface area contributed by atoms with Gasteiger partial charge in [-0.2, -0.15) is 0 Å². The van der Waals surface area contributed by atoms with Crippen molar-refractivity contribution in [3.05, 3.63) is 47.7 Å². The van der Waals surface area contributed by atoms with Gasteiger partial charge in [0.05, 0.1) is 24.7 Å². The lowest BCUT2D eigenvalue weighted by molar-refractivity contribution is -0.206. The van der Waals surface area contributed by atoms with Crippen molar-refractivity contribution in [2.75, 3.05) is 13.2 Å². The molecule has 0 bridgehead atoms. The molecule has 0 aromatic heterocycles. The number of benzene rings is 1. The Morgan fingerprint density at radius 3 is 2.54 bits per heavy atom. The van der Waals surface area contributed by atoms with Crippen LogP contribution in [0.25, 0.3) is 0 Å². The van der Waals surface area contributed by atoms with Crippen LogP contribution in [0.1, 0.15) is 32.3 Å². The molecule has 1 fully saturated rings. The van der Waals surface area contributed by atoms with Crippen LogP contribution in [0.3, 0.4) is 0 Å². The quantitative estimate of drug-likeness (QED) is 0.718. The maximum atomic E-state index is 12.1. The second kappa shape index (κ2) is 7.36. The summed E-state index contributed by atoms with van der Waals surface area (Å²) in [6.07, 6.45) is 2.99. The van der Waals surface area contributed by atoms with Crippen LogP contribution in [-0.2, 0) is 30.3 Å². The Bertz CT molecular complexity index is 591. The van der Waals surface area contributed by atoms with E-state index in [1.165, 1.54) is 0 Å². The first-order valence-electron chi connectivity index (χ1n) is 8.52. The Labute approximate surface area is 142 Å².